The highest BCUT2D eigenvalue weighted by atomic mass is 32.2. The monoisotopic (exact) mass is 704 g/mol. The first-order valence-corrected chi connectivity index (χ1v) is 18.5. The molecule has 0 aliphatic carbocycles. The second kappa shape index (κ2) is 15.8. The number of ether oxygens (including phenoxy) is 2. The summed E-state index contributed by atoms with van der Waals surface area (Å²) in [6, 6.07) is 13.1. The fraction of sp³-hybridized carbons (Fsp3) is 0.357. The molecule has 0 spiro atoms. The SMILES string of the molecule is CCOc1ccc(-n2c(CNC(=O)c3ccc(S(=O)(=O)N4CCOCC4)cc3)nnc2SCC(=O)Nc2nnc(SCC)s2)cc1. The predicted molar refractivity (Wildman–Crippen MR) is 175 cm³/mol. The third-order valence-electron chi connectivity index (χ3n) is 6.49. The van der Waals surface area contributed by atoms with E-state index in [0.717, 1.165) is 10.1 Å². The van der Waals surface area contributed by atoms with Gasteiger partial charge in [-0.1, -0.05) is 41.8 Å². The van der Waals surface area contributed by atoms with E-state index < -0.39 is 15.9 Å². The molecule has 1 fully saturated rings. The first-order valence-electron chi connectivity index (χ1n) is 14.3. The van der Waals surface area contributed by atoms with Crippen molar-refractivity contribution < 1.29 is 27.5 Å². The zero-order valence-corrected chi connectivity index (χ0v) is 28.3. The summed E-state index contributed by atoms with van der Waals surface area (Å²) in [6.45, 7) is 5.71. The van der Waals surface area contributed by atoms with Crippen LogP contribution in [0.15, 0.2) is 62.9 Å². The van der Waals surface area contributed by atoms with Gasteiger partial charge in [-0.15, -0.1) is 20.4 Å². The Morgan fingerprint density at radius 1 is 0.978 bits per heavy atom. The molecule has 18 heteroatoms. The van der Waals surface area contributed by atoms with Gasteiger partial charge in [-0.25, -0.2) is 8.42 Å². The molecule has 2 N–H and O–H groups in total. The van der Waals surface area contributed by atoms with Gasteiger partial charge < -0.3 is 14.8 Å². The minimum Gasteiger partial charge on any atom is -0.494 e. The maximum absolute atomic E-state index is 13.1. The minimum absolute atomic E-state index is 0.0162. The lowest BCUT2D eigenvalue weighted by molar-refractivity contribution is -0.113. The number of carbonyl (C=O) groups is 2. The molecule has 14 nitrogen and oxygen atoms in total. The number of nitrogens with zero attached hydrogens (tertiary/aromatic N) is 6. The Bertz CT molecular complexity index is 1740. The van der Waals surface area contributed by atoms with Crippen LogP contribution in [0.3, 0.4) is 0 Å². The highest BCUT2D eigenvalue weighted by Gasteiger charge is 2.26. The van der Waals surface area contributed by atoms with Gasteiger partial charge in [0.15, 0.2) is 15.3 Å². The molecule has 0 atom stereocenters. The molecule has 5 rings (SSSR count). The lowest BCUT2D eigenvalue weighted by atomic mass is 10.2. The molecule has 46 heavy (non-hydrogen) atoms. The first kappa shape index (κ1) is 33.8. The van der Waals surface area contributed by atoms with Gasteiger partial charge in [0, 0.05) is 24.3 Å². The second-order valence-corrected chi connectivity index (χ2v) is 14.9. The molecule has 0 radical (unpaired) electrons. The van der Waals surface area contributed by atoms with Crippen LogP contribution in [0.25, 0.3) is 5.69 Å². The quantitative estimate of drug-likeness (QED) is 0.145. The number of carbonyl (C=O) groups excluding carboxylic acids is 2. The fourth-order valence-corrected chi connectivity index (χ4v) is 8.17. The third kappa shape index (κ3) is 8.42. The maximum atomic E-state index is 13.1. The molecule has 2 amide bonds. The summed E-state index contributed by atoms with van der Waals surface area (Å²) in [5, 5.41) is 23.1. The van der Waals surface area contributed by atoms with E-state index in [1.54, 1.807) is 16.3 Å². The zero-order chi connectivity index (χ0) is 32.5. The van der Waals surface area contributed by atoms with Crippen LogP contribution in [0.4, 0.5) is 5.13 Å². The number of hydrogen-bond donors (Lipinski definition) is 2. The number of nitrogens with one attached hydrogen (secondary N) is 2. The van der Waals surface area contributed by atoms with E-state index >= 15 is 0 Å². The number of thioether (sulfide) groups is 2. The third-order valence-corrected chi connectivity index (χ3v) is 11.2. The van der Waals surface area contributed by atoms with Crippen LogP contribution in [-0.4, -0.2) is 93.9 Å². The minimum atomic E-state index is -3.68. The molecule has 2 aromatic heterocycles. The number of aromatic nitrogens is 5. The van der Waals surface area contributed by atoms with Crippen molar-refractivity contribution >= 4 is 61.8 Å². The highest BCUT2D eigenvalue weighted by molar-refractivity contribution is 8.01. The Hall–Kier alpha value is -3.55. The van der Waals surface area contributed by atoms with Crippen molar-refractivity contribution in [2.45, 2.75) is 34.8 Å². The van der Waals surface area contributed by atoms with Crippen molar-refractivity contribution in [2.75, 3.05) is 49.7 Å². The van der Waals surface area contributed by atoms with Crippen molar-refractivity contribution in [3.63, 3.8) is 0 Å². The summed E-state index contributed by atoms with van der Waals surface area (Å²) in [5.41, 5.74) is 1.00. The van der Waals surface area contributed by atoms with E-state index in [4.69, 9.17) is 9.47 Å². The van der Waals surface area contributed by atoms with E-state index in [2.05, 4.69) is 31.0 Å². The Morgan fingerprint density at radius 2 is 1.72 bits per heavy atom. The van der Waals surface area contributed by atoms with Crippen LogP contribution in [0, 0.1) is 0 Å². The van der Waals surface area contributed by atoms with Crippen LogP contribution < -0.4 is 15.4 Å². The number of benzene rings is 2. The van der Waals surface area contributed by atoms with Gasteiger partial charge in [0.05, 0.1) is 37.0 Å². The lowest BCUT2D eigenvalue weighted by Gasteiger charge is -2.26. The highest BCUT2D eigenvalue weighted by Crippen LogP contribution is 2.27. The van der Waals surface area contributed by atoms with E-state index in [1.165, 1.54) is 51.7 Å². The van der Waals surface area contributed by atoms with Gasteiger partial charge in [0.25, 0.3) is 5.91 Å². The summed E-state index contributed by atoms with van der Waals surface area (Å²) < 4.78 is 40.6. The van der Waals surface area contributed by atoms with Crippen LogP contribution in [-0.2, 0) is 26.1 Å². The molecule has 1 saturated heterocycles. The van der Waals surface area contributed by atoms with Crippen molar-refractivity contribution in [1.29, 1.82) is 0 Å². The molecule has 4 aromatic rings. The zero-order valence-electron chi connectivity index (χ0n) is 25.0. The molecular weight excluding hydrogens is 673 g/mol. The van der Waals surface area contributed by atoms with E-state index in [-0.39, 0.29) is 41.8 Å². The van der Waals surface area contributed by atoms with Crippen molar-refractivity contribution in [2.24, 2.45) is 0 Å². The summed E-state index contributed by atoms with van der Waals surface area (Å²) in [4.78, 5) is 25.9. The number of anilines is 1. The van der Waals surface area contributed by atoms with Gasteiger partial charge in [-0.05, 0) is 61.2 Å². The maximum Gasteiger partial charge on any atom is 0.251 e. The van der Waals surface area contributed by atoms with Gasteiger partial charge in [0.2, 0.25) is 21.1 Å². The number of morpholine rings is 1. The molecular formula is C28H32N8O6S4. The Balaban J connectivity index is 1.27. The van der Waals surface area contributed by atoms with Gasteiger partial charge in [0.1, 0.15) is 5.75 Å². The van der Waals surface area contributed by atoms with Crippen molar-refractivity contribution in [3.05, 3.63) is 59.9 Å². The van der Waals surface area contributed by atoms with Gasteiger partial charge in [-0.2, -0.15) is 4.31 Å². The number of amides is 2. The van der Waals surface area contributed by atoms with E-state index in [9.17, 15) is 18.0 Å². The van der Waals surface area contributed by atoms with Gasteiger partial charge >= 0.3 is 0 Å². The largest absolute Gasteiger partial charge is 0.494 e. The summed E-state index contributed by atoms with van der Waals surface area (Å²) in [6.07, 6.45) is 0. The first-order chi connectivity index (χ1) is 22.3. The number of hydrogen-bond acceptors (Lipinski definition) is 13. The van der Waals surface area contributed by atoms with Crippen molar-refractivity contribution in [3.8, 4) is 11.4 Å². The molecule has 2 aromatic carbocycles. The fourth-order valence-electron chi connectivity index (χ4n) is 4.33. The topological polar surface area (TPSA) is 171 Å². The second-order valence-electron chi connectivity index (χ2n) is 9.53. The van der Waals surface area contributed by atoms with Crippen LogP contribution in [0.1, 0.15) is 30.0 Å². The van der Waals surface area contributed by atoms with Gasteiger partial charge in [-0.3, -0.25) is 19.5 Å². The van der Waals surface area contributed by atoms with Crippen molar-refractivity contribution in [1.82, 2.24) is 34.6 Å². The van der Waals surface area contributed by atoms with E-state index in [1.807, 2.05) is 38.1 Å². The van der Waals surface area contributed by atoms with Crippen LogP contribution in [0.5, 0.6) is 5.75 Å². The lowest BCUT2D eigenvalue weighted by Crippen LogP contribution is -2.40. The molecule has 0 unspecified atom stereocenters. The molecule has 3 heterocycles. The molecule has 1 aliphatic heterocycles. The Morgan fingerprint density at radius 3 is 2.41 bits per heavy atom. The average molecular weight is 705 g/mol. The number of sulfonamides is 1. The summed E-state index contributed by atoms with van der Waals surface area (Å²) in [7, 11) is -3.68. The predicted octanol–water partition coefficient (Wildman–Crippen LogP) is 3.31. The standard InChI is InChI=1S/C28H32N8O6S4/c1-3-42-21-9-7-20(8-10-21)36-23(31-33-27(36)44-18-24(37)30-26-32-34-28(45-26)43-4-2)17-29-25(38)19-5-11-22(12-6-19)46(39,40)35-13-15-41-16-14-35/h5-12H,3-4,13-18H2,1-2H3,(H,29,38)(H,30,32,37). The van der Waals surface area contributed by atoms with Crippen LogP contribution in [0.2, 0.25) is 0 Å². The summed E-state index contributed by atoms with van der Waals surface area (Å²) in [5.74, 6) is 1.33. The normalized spacial score (nSPS) is 13.8. The smallest absolute Gasteiger partial charge is 0.251 e. The molecule has 0 bridgehead atoms. The van der Waals surface area contributed by atoms with Crippen LogP contribution >= 0.6 is 34.9 Å². The molecule has 0 saturated carbocycles. The van der Waals surface area contributed by atoms with E-state index in [0.29, 0.717) is 47.4 Å². The molecule has 1 aliphatic rings. The molecule has 244 valence electrons. The number of rotatable bonds is 14. The summed E-state index contributed by atoms with van der Waals surface area (Å²) >= 11 is 4.04. The Kier molecular flexibility index (Phi) is 11.6. The average Bonchev–Trinajstić information content (AvgIpc) is 3.70. The Labute approximate surface area is 278 Å².